The third-order valence-corrected chi connectivity index (χ3v) is 4.71. The highest BCUT2D eigenvalue weighted by Gasteiger charge is 2.43. The van der Waals surface area contributed by atoms with E-state index in [9.17, 15) is 4.79 Å². The summed E-state index contributed by atoms with van der Waals surface area (Å²) in [7, 11) is 0. The summed E-state index contributed by atoms with van der Waals surface area (Å²) in [6.45, 7) is 7.75. The zero-order valence-electron chi connectivity index (χ0n) is 15.2. The number of benzene rings is 2. The summed E-state index contributed by atoms with van der Waals surface area (Å²) in [5, 5.41) is 7.85. The molecule has 2 aromatic carbocycles. The summed E-state index contributed by atoms with van der Waals surface area (Å²) in [6, 6.07) is 15.1. The Morgan fingerprint density at radius 2 is 1.46 bits per heavy atom. The highest BCUT2D eigenvalue weighted by Crippen LogP contribution is 2.40. The van der Waals surface area contributed by atoms with Gasteiger partial charge < -0.3 is 4.90 Å². The molecule has 1 atom stereocenters. The van der Waals surface area contributed by atoms with Crippen LogP contribution in [0.2, 0.25) is 10.0 Å². The third kappa shape index (κ3) is 3.57. The van der Waals surface area contributed by atoms with Gasteiger partial charge in [-0.2, -0.15) is 0 Å². The number of rotatable bonds is 3. The zero-order chi connectivity index (χ0) is 19.1. The second-order valence-electron chi connectivity index (χ2n) is 7.27. The van der Waals surface area contributed by atoms with Gasteiger partial charge >= 0.3 is 0 Å². The van der Waals surface area contributed by atoms with E-state index in [1.165, 1.54) is 0 Å². The molecule has 0 saturated heterocycles. The molecule has 0 N–H and O–H groups in total. The van der Waals surface area contributed by atoms with Gasteiger partial charge in [-0.1, -0.05) is 35.3 Å². The van der Waals surface area contributed by atoms with Crippen molar-refractivity contribution in [3.8, 4) is 0 Å². The smallest absolute Gasteiger partial charge is 0.196 e. The van der Waals surface area contributed by atoms with Crippen LogP contribution < -0.4 is 5.01 Å². The van der Waals surface area contributed by atoms with Crippen LogP contribution in [-0.4, -0.2) is 22.1 Å². The topological polar surface area (TPSA) is 35.9 Å². The summed E-state index contributed by atoms with van der Waals surface area (Å²) in [5.41, 5.74) is 1.55. The van der Waals surface area contributed by atoms with Gasteiger partial charge in [0.1, 0.15) is 0 Å². The lowest BCUT2D eigenvalue weighted by Gasteiger charge is -2.40. The van der Waals surface area contributed by atoms with Crippen LogP contribution >= 0.6 is 23.2 Å². The van der Waals surface area contributed by atoms with Crippen molar-refractivity contribution in [2.45, 2.75) is 39.4 Å². The Balaban J connectivity index is 2.16. The molecule has 136 valence electrons. The second-order valence-corrected chi connectivity index (χ2v) is 8.14. The standard InChI is InChI=1S/C20H21Cl2N3O/c1-13(26)18-23-25(17-11-9-16(22)10-12-17)19(24(18)20(2,3)4)14-5-7-15(21)8-6-14/h5-12,19H,1-4H3/t19-/m0/s1. The highest BCUT2D eigenvalue weighted by atomic mass is 35.5. The van der Waals surface area contributed by atoms with Gasteiger partial charge in [0.05, 0.1) is 5.69 Å². The maximum Gasteiger partial charge on any atom is 0.196 e. The van der Waals surface area contributed by atoms with Crippen LogP contribution in [0.4, 0.5) is 5.69 Å². The van der Waals surface area contributed by atoms with E-state index in [1.54, 1.807) is 6.92 Å². The van der Waals surface area contributed by atoms with E-state index in [0.29, 0.717) is 15.9 Å². The van der Waals surface area contributed by atoms with Gasteiger partial charge in [-0.05, 0) is 62.7 Å². The molecule has 0 radical (unpaired) electrons. The second kappa shape index (κ2) is 6.93. The van der Waals surface area contributed by atoms with Gasteiger partial charge in [0, 0.05) is 22.5 Å². The summed E-state index contributed by atoms with van der Waals surface area (Å²) in [6.07, 6.45) is -0.257. The molecule has 4 nitrogen and oxygen atoms in total. The summed E-state index contributed by atoms with van der Waals surface area (Å²) in [5.74, 6) is 0.364. The van der Waals surface area contributed by atoms with E-state index >= 15 is 0 Å². The van der Waals surface area contributed by atoms with Crippen molar-refractivity contribution in [3.05, 3.63) is 64.1 Å². The minimum absolute atomic E-state index is 0.0737. The number of carbonyl (C=O) groups excluding carboxylic acids is 1. The van der Waals surface area contributed by atoms with Crippen molar-refractivity contribution in [1.82, 2.24) is 4.90 Å². The minimum atomic E-state index is -0.310. The van der Waals surface area contributed by atoms with Gasteiger partial charge in [0.2, 0.25) is 0 Å². The molecule has 0 amide bonds. The SMILES string of the molecule is CC(=O)C1=NN(c2ccc(Cl)cc2)[C@@H](c2ccc(Cl)cc2)N1C(C)(C)C. The van der Waals surface area contributed by atoms with E-state index in [1.807, 2.05) is 58.4 Å². The molecule has 0 saturated carbocycles. The number of amidine groups is 1. The molecule has 0 aliphatic carbocycles. The predicted octanol–water partition coefficient (Wildman–Crippen LogP) is 5.52. The number of hydrazone groups is 1. The maximum absolute atomic E-state index is 12.3. The zero-order valence-corrected chi connectivity index (χ0v) is 16.7. The fraction of sp³-hybridized carbons (Fsp3) is 0.300. The van der Waals surface area contributed by atoms with Gasteiger partial charge in [-0.15, -0.1) is 5.10 Å². The summed E-state index contributed by atoms with van der Waals surface area (Å²) >= 11 is 12.1. The molecule has 0 aromatic heterocycles. The number of hydrogen-bond acceptors (Lipinski definition) is 4. The lowest BCUT2D eigenvalue weighted by molar-refractivity contribution is -0.112. The van der Waals surface area contributed by atoms with Crippen LogP contribution in [0.1, 0.15) is 39.4 Å². The quantitative estimate of drug-likeness (QED) is 0.693. The Labute approximate surface area is 164 Å². The van der Waals surface area contributed by atoms with Crippen molar-refractivity contribution in [2.75, 3.05) is 5.01 Å². The Bertz CT molecular complexity index is 839. The number of carbonyl (C=O) groups is 1. The van der Waals surface area contributed by atoms with Gasteiger partial charge in [-0.25, -0.2) is 5.01 Å². The molecule has 1 aliphatic heterocycles. The molecule has 0 fully saturated rings. The van der Waals surface area contributed by atoms with Crippen molar-refractivity contribution >= 4 is 40.5 Å². The monoisotopic (exact) mass is 389 g/mol. The minimum Gasteiger partial charge on any atom is -0.321 e. The van der Waals surface area contributed by atoms with Crippen LogP contribution in [-0.2, 0) is 4.79 Å². The molecule has 0 bridgehead atoms. The first-order valence-electron chi connectivity index (χ1n) is 8.37. The lowest BCUT2D eigenvalue weighted by Crippen LogP contribution is -2.49. The Hall–Kier alpha value is -2.04. The molecule has 1 heterocycles. The number of nitrogens with zero attached hydrogens (tertiary/aromatic N) is 3. The molecule has 26 heavy (non-hydrogen) atoms. The van der Waals surface area contributed by atoms with Gasteiger partial charge in [0.25, 0.3) is 0 Å². The van der Waals surface area contributed by atoms with E-state index in [-0.39, 0.29) is 17.5 Å². The molecule has 2 aromatic rings. The first-order chi connectivity index (χ1) is 12.2. The highest BCUT2D eigenvalue weighted by molar-refractivity contribution is 6.38. The number of ketones is 1. The average Bonchev–Trinajstić information content (AvgIpc) is 2.97. The van der Waals surface area contributed by atoms with Gasteiger partial charge in [0.15, 0.2) is 17.8 Å². The van der Waals surface area contributed by atoms with E-state index in [2.05, 4.69) is 25.9 Å². The van der Waals surface area contributed by atoms with Crippen molar-refractivity contribution < 1.29 is 4.79 Å². The molecular weight excluding hydrogens is 369 g/mol. The number of hydrogen-bond donors (Lipinski definition) is 0. The van der Waals surface area contributed by atoms with E-state index in [4.69, 9.17) is 23.2 Å². The van der Waals surface area contributed by atoms with Crippen LogP contribution in [0.25, 0.3) is 0 Å². The number of Topliss-reactive ketones (excluding diaryl/α,β-unsaturated/α-hetero) is 1. The van der Waals surface area contributed by atoms with Crippen molar-refractivity contribution in [1.29, 1.82) is 0 Å². The van der Waals surface area contributed by atoms with Gasteiger partial charge in [-0.3, -0.25) is 4.79 Å². The summed E-state index contributed by atoms with van der Waals surface area (Å²) in [4.78, 5) is 14.4. The third-order valence-electron chi connectivity index (χ3n) is 4.20. The van der Waals surface area contributed by atoms with Crippen molar-refractivity contribution in [2.24, 2.45) is 5.10 Å². The van der Waals surface area contributed by atoms with Crippen molar-refractivity contribution in [3.63, 3.8) is 0 Å². The Morgan fingerprint density at radius 1 is 0.962 bits per heavy atom. The fourth-order valence-corrected chi connectivity index (χ4v) is 3.32. The molecule has 1 aliphatic rings. The van der Waals surface area contributed by atoms with E-state index < -0.39 is 0 Å². The van der Waals surface area contributed by atoms with Crippen LogP contribution in [0.5, 0.6) is 0 Å². The van der Waals surface area contributed by atoms with Crippen LogP contribution in [0, 0.1) is 0 Å². The predicted molar refractivity (Wildman–Crippen MR) is 108 cm³/mol. The molecule has 0 unspecified atom stereocenters. The normalized spacial score (nSPS) is 17.5. The maximum atomic E-state index is 12.3. The van der Waals surface area contributed by atoms with E-state index in [0.717, 1.165) is 11.3 Å². The fourth-order valence-electron chi connectivity index (χ4n) is 3.07. The average molecular weight is 390 g/mol. The molecule has 0 spiro atoms. The molecule has 6 heteroatoms. The largest absolute Gasteiger partial charge is 0.321 e. The first-order valence-corrected chi connectivity index (χ1v) is 9.13. The first kappa shape index (κ1) is 18.7. The Kier molecular flexibility index (Phi) is 5.00. The molecule has 3 rings (SSSR count). The number of halogens is 2. The molecular formula is C20H21Cl2N3O. The van der Waals surface area contributed by atoms with Crippen LogP contribution in [0.15, 0.2) is 53.6 Å². The summed E-state index contributed by atoms with van der Waals surface area (Å²) < 4.78 is 0. The number of anilines is 1. The Morgan fingerprint density at radius 3 is 1.92 bits per heavy atom. The van der Waals surface area contributed by atoms with Crippen LogP contribution in [0.3, 0.4) is 0 Å². The lowest BCUT2D eigenvalue weighted by atomic mass is 10.0.